The van der Waals surface area contributed by atoms with Crippen LogP contribution in [-0.2, 0) is 11.3 Å². The normalized spacial score (nSPS) is 16.9. The summed E-state index contributed by atoms with van der Waals surface area (Å²) in [6, 6.07) is 14.9. The van der Waals surface area contributed by atoms with Crippen LogP contribution >= 0.6 is 0 Å². The Balaban J connectivity index is 1.43. The Bertz CT molecular complexity index is 1210. The van der Waals surface area contributed by atoms with Crippen molar-refractivity contribution in [2.75, 3.05) is 6.54 Å². The molecule has 1 amide bonds. The molecule has 1 aliphatic heterocycles. The molecule has 28 heavy (non-hydrogen) atoms. The lowest BCUT2D eigenvalue weighted by Gasteiger charge is -2.23. The van der Waals surface area contributed by atoms with E-state index in [4.69, 9.17) is 0 Å². The maximum atomic E-state index is 13.0. The van der Waals surface area contributed by atoms with E-state index >= 15 is 0 Å². The number of benzene rings is 2. The molecule has 5 rings (SSSR count). The standard InChI is InChI=1S/C21H19N5O2/c27-19(12-25-13-22-15-7-2-1-6-14(15)21(25)28)26-11-5-10-18(26)20-23-16-8-3-4-9-17(16)24-20/h1-4,6-9,13,18H,5,10-12H2,(H,23,24)/t18-/m0/s1. The Labute approximate surface area is 160 Å². The zero-order valence-electron chi connectivity index (χ0n) is 15.2. The third kappa shape index (κ3) is 2.76. The topological polar surface area (TPSA) is 83.9 Å². The zero-order chi connectivity index (χ0) is 19.1. The van der Waals surface area contributed by atoms with Crippen molar-refractivity contribution in [1.82, 2.24) is 24.4 Å². The molecule has 2 aromatic carbocycles. The summed E-state index contributed by atoms with van der Waals surface area (Å²) in [5, 5.41) is 0.521. The third-order valence-corrected chi connectivity index (χ3v) is 5.33. The fourth-order valence-corrected chi connectivity index (χ4v) is 3.94. The van der Waals surface area contributed by atoms with Gasteiger partial charge in [0, 0.05) is 6.54 Å². The van der Waals surface area contributed by atoms with Crippen LogP contribution in [0.5, 0.6) is 0 Å². The van der Waals surface area contributed by atoms with Gasteiger partial charge in [0.25, 0.3) is 5.56 Å². The molecular formula is C21H19N5O2. The van der Waals surface area contributed by atoms with Gasteiger partial charge in [-0.15, -0.1) is 0 Å². The molecule has 3 heterocycles. The van der Waals surface area contributed by atoms with Crippen LogP contribution < -0.4 is 5.56 Å². The predicted octanol–water partition coefficient (Wildman–Crippen LogP) is 2.64. The molecule has 0 spiro atoms. The van der Waals surface area contributed by atoms with Gasteiger partial charge >= 0.3 is 0 Å². The number of nitrogens with zero attached hydrogens (tertiary/aromatic N) is 4. The second-order valence-electron chi connectivity index (χ2n) is 7.08. The summed E-state index contributed by atoms with van der Waals surface area (Å²) in [5.41, 5.74) is 2.30. The van der Waals surface area contributed by atoms with Gasteiger partial charge in [-0.25, -0.2) is 9.97 Å². The van der Waals surface area contributed by atoms with Crippen molar-refractivity contribution >= 4 is 27.8 Å². The molecule has 1 N–H and O–H groups in total. The highest BCUT2D eigenvalue weighted by Gasteiger charge is 2.32. The number of hydrogen-bond acceptors (Lipinski definition) is 4. The first-order valence-electron chi connectivity index (χ1n) is 9.39. The first-order chi connectivity index (χ1) is 13.7. The lowest BCUT2D eigenvalue weighted by molar-refractivity contribution is -0.133. The van der Waals surface area contributed by atoms with Gasteiger partial charge in [0.05, 0.1) is 34.3 Å². The van der Waals surface area contributed by atoms with E-state index in [1.54, 1.807) is 18.2 Å². The fraction of sp³-hybridized carbons (Fsp3) is 0.238. The van der Waals surface area contributed by atoms with Crippen LogP contribution in [0.15, 0.2) is 59.7 Å². The van der Waals surface area contributed by atoms with Crippen molar-refractivity contribution in [3.05, 3.63) is 71.0 Å². The summed E-state index contributed by atoms with van der Waals surface area (Å²) in [5.74, 6) is 0.707. The first kappa shape index (κ1) is 16.7. The Morgan fingerprint density at radius 3 is 2.75 bits per heavy atom. The Hall–Kier alpha value is -3.48. The molecule has 140 valence electrons. The highest BCUT2D eigenvalue weighted by Crippen LogP contribution is 2.31. The van der Waals surface area contributed by atoms with Gasteiger partial charge in [-0.3, -0.25) is 14.2 Å². The number of rotatable bonds is 3. The molecule has 7 heteroatoms. The molecule has 1 saturated heterocycles. The number of carbonyl (C=O) groups excluding carboxylic acids is 1. The van der Waals surface area contributed by atoms with Gasteiger partial charge in [0.2, 0.25) is 5.91 Å². The molecule has 0 aliphatic carbocycles. The predicted molar refractivity (Wildman–Crippen MR) is 106 cm³/mol. The van der Waals surface area contributed by atoms with Crippen molar-refractivity contribution in [2.45, 2.75) is 25.4 Å². The number of carbonyl (C=O) groups is 1. The number of H-pyrrole nitrogens is 1. The van der Waals surface area contributed by atoms with Crippen LogP contribution in [0, 0.1) is 0 Å². The number of fused-ring (bicyclic) bond motifs is 2. The van der Waals surface area contributed by atoms with Crippen molar-refractivity contribution in [2.24, 2.45) is 0 Å². The van der Waals surface area contributed by atoms with Crippen LogP contribution in [0.2, 0.25) is 0 Å². The maximum Gasteiger partial charge on any atom is 0.261 e. The van der Waals surface area contributed by atoms with Gasteiger partial charge in [-0.2, -0.15) is 0 Å². The second kappa shape index (κ2) is 6.60. The summed E-state index contributed by atoms with van der Waals surface area (Å²) in [6.45, 7) is 0.643. The number of amides is 1. The third-order valence-electron chi connectivity index (χ3n) is 5.33. The summed E-state index contributed by atoms with van der Waals surface area (Å²) in [6.07, 6.45) is 3.23. The smallest absolute Gasteiger partial charge is 0.261 e. The number of para-hydroxylation sites is 3. The molecule has 0 unspecified atom stereocenters. The number of hydrogen-bond donors (Lipinski definition) is 1. The fourth-order valence-electron chi connectivity index (χ4n) is 3.94. The molecule has 1 fully saturated rings. The van der Waals surface area contributed by atoms with Crippen LogP contribution in [0.4, 0.5) is 0 Å². The average molecular weight is 373 g/mol. The molecule has 0 saturated carbocycles. The minimum atomic E-state index is -0.196. The summed E-state index contributed by atoms with van der Waals surface area (Å²) < 4.78 is 1.39. The van der Waals surface area contributed by atoms with Crippen molar-refractivity contribution in [3.63, 3.8) is 0 Å². The molecule has 0 radical (unpaired) electrons. The molecule has 7 nitrogen and oxygen atoms in total. The van der Waals surface area contributed by atoms with Gasteiger partial charge < -0.3 is 9.88 Å². The van der Waals surface area contributed by atoms with Crippen LogP contribution in [0.3, 0.4) is 0 Å². The lowest BCUT2D eigenvalue weighted by Crippen LogP contribution is -2.36. The minimum absolute atomic E-state index is 0.0204. The maximum absolute atomic E-state index is 13.0. The average Bonchev–Trinajstić information content (AvgIpc) is 3.37. The lowest BCUT2D eigenvalue weighted by atomic mass is 10.2. The highest BCUT2D eigenvalue weighted by atomic mass is 16.2. The molecule has 1 atom stereocenters. The van der Waals surface area contributed by atoms with E-state index in [1.807, 2.05) is 35.2 Å². The van der Waals surface area contributed by atoms with Gasteiger partial charge in [-0.1, -0.05) is 24.3 Å². The van der Waals surface area contributed by atoms with E-state index in [-0.39, 0.29) is 24.1 Å². The molecular weight excluding hydrogens is 354 g/mol. The number of nitrogens with one attached hydrogen (secondary N) is 1. The minimum Gasteiger partial charge on any atom is -0.340 e. The molecule has 1 aliphatic rings. The van der Waals surface area contributed by atoms with Crippen LogP contribution in [0.25, 0.3) is 21.9 Å². The first-order valence-corrected chi connectivity index (χ1v) is 9.39. The van der Waals surface area contributed by atoms with Crippen molar-refractivity contribution < 1.29 is 4.79 Å². The molecule has 0 bridgehead atoms. The quantitative estimate of drug-likeness (QED) is 0.598. The summed E-state index contributed by atoms with van der Waals surface area (Å²) in [7, 11) is 0. The number of likely N-dealkylation sites (tertiary alicyclic amines) is 1. The molecule has 2 aromatic heterocycles. The monoisotopic (exact) mass is 373 g/mol. The molecule has 4 aromatic rings. The van der Waals surface area contributed by atoms with E-state index in [0.717, 1.165) is 29.7 Å². The highest BCUT2D eigenvalue weighted by molar-refractivity contribution is 5.80. The Morgan fingerprint density at radius 2 is 1.89 bits per heavy atom. The van der Waals surface area contributed by atoms with E-state index in [1.165, 1.54) is 10.9 Å². The van der Waals surface area contributed by atoms with Crippen molar-refractivity contribution in [1.29, 1.82) is 0 Å². The van der Waals surface area contributed by atoms with Crippen LogP contribution in [-0.4, -0.2) is 36.9 Å². The van der Waals surface area contributed by atoms with E-state index < -0.39 is 0 Å². The second-order valence-corrected chi connectivity index (χ2v) is 7.08. The zero-order valence-corrected chi connectivity index (χ0v) is 15.2. The van der Waals surface area contributed by atoms with Gasteiger partial charge in [0.15, 0.2) is 0 Å². The Kier molecular flexibility index (Phi) is 3.93. The Morgan fingerprint density at radius 1 is 1.11 bits per heavy atom. The van der Waals surface area contributed by atoms with Crippen molar-refractivity contribution in [3.8, 4) is 0 Å². The van der Waals surface area contributed by atoms with E-state index in [2.05, 4.69) is 15.0 Å². The summed E-state index contributed by atoms with van der Waals surface area (Å²) >= 11 is 0. The van der Waals surface area contributed by atoms with E-state index in [0.29, 0.717) is 17.4 Å². The SMILES string of the molecule is O=C(Cn1cnc2ccccc2c1=O)N1CCC[C@H]1c1nc2ccccc2[nH]1. The van der Waals surface area contributed by atoms with Gasteiger partial charge in [0.1, 0.15) is 12.4 Å². The largest absolute Gasteiger partial charge is 0.340 e. The number of aromatic amines is 1. The summed E-state index contributed by atoms with van der Waals surface area (Å²) in [4.78, 5) is 39.8. The number of imidazole rings is 1. The van der Waals surface area contributed by atoms with Crippen LogP contribution in [0.1, 0.15) is 24.7 Å². The number of aromatic nitrogens is 4. The van der Waals surface area contributed by atoms with E-state index in [9.17, 15) is 9.59 Å². The van der Waals surface area contributed by atoms with Gasteiger partial charge in [-0.05, 0) is 37.1 Å².